The molecule has 0 spiro atoms. The van der Waals surface area contributed by atoms with Crippen molar-refractivity contribution in [1.29, 1.82) is 5.26 Å². The Labute approximate surface area is 172 Å². The van der Waals surface area contributed by atoms with E-state index in [4.69, 9.17) is 14.2 Å². The number of carbonyl (C=O) groups is 3. The van der Waals surface area contributed by atoms with Crippen LogP contribution >= 0.6 is 0 Å². The summed E-state index contributed by atoms with van der Waals surface area (Å²) in [6, 6.07) is 0.915. The Kier molecular flexibility index (Phi) is 9.68. The van der Waals surface area contributed by atoms with Gasteiger partial charge in [0.05, 0.1) is 12.1 Å². The van der Waals surface area contributed by atoms with E-state index in [0.29, 0.717) is 0 Å². The molecule has 0 radical (unpaired) electrons. The van der Waals surface area contributed by atoms with Gasteiger partial charge in [-0.1, -0.05) is 6.92 Å². The highest BCUT2D eigenvalue weighted by atomic mass is 16.6. The molecule has 164 valence electrons. The minimum Gasteiger partial charge on any atom is -0.459 e. The standard InChI is InChI=1S/C20H33N3O6/c1-10-15(11-14(12-21)16(24)27-13(2)3)23(18(26)29-20(7,8)9)22-17(25)28-19(4,5)6/h11,13,15H,10H2,1-9H3,(H,22,25)/b14-11-. The molecule has 2 amide bonds. The average molecular weight is 411 g/mol. The predicted molar refractivity (Wildman–Crippen MR) is 106 cm³/mol. The summed E-state index contributed by atoms with van der Waals surface area (Å²) in [5.41, 5.74) is 0.437. The van der Waals surface area contributed by atoms with E-state index in [1.807, 2.05) is 0 Å². The number of rotatable bonds is 5. The third-order valence-electron chi connectivity index (χ3n) is 2.99. The Morgan fingerprint density at radius 1 is 1.07 bits per heavy atom. The number of ether oxygens (including phenoxy) is 3. The lowest BCUT2D eigenvalue weighted by Gasteiger charge is -2.32. The molecule has 0 saturated carbocycles. The van der Waals surface area contributed by atoms with Crippen LogP contribution in [0.15, 0.2) is 11.6 Å². The molecule has 0 aromatic carbocycles. The van der Waals surface area contributed by atoms with Gasteiger partial charge in [-0.25, -0.2) is 24.8 Å². The number of hydrogen-bond acceptors (Lipinski definition) is 7. The molecule has 0 rings (SSSR count). The number of amides is 2. The summed E-state index contributed by atoms with van der Waals surface area (Å²) in [4.78, 5) is 37.0. The van der Waals surface area contributed by atoms with Gasteiger partial charge >= 0.3 is 18.2 Å². The zero-order valence-electron chi connectivity index (χ0n) is 18.8. The van der Waals surface area contributed by atoms with E-state index in [-0.39, 0.29) is 12.0 Å². The summed E-state index contributed by atoms with van der Waals surface area (Å²) in [6.45, 7) is 15.1. The molecule has 0 saturated heterocycles. The van der Waals surface area contributed by atoms with Crippen LogP contribution in [0.1, 0.15) is 68.7 Å². The van der Waals surface area contributed by atoms with E-state index in [0.717, 1.165) is 5.01 Å². The van der Waals surface area contributed by atoms with Gasteiger partial charge in [0.2, 0.25) is 0 Å². The quantitative estimate of drug-likeness (QED) is 0.240. The van der Waals surface area contributed by atoms with Crippen LogP contribution in [-0.4, -0.2) is 46.5 Å². The summed E-state index contributed by atoms with van der Waals surface area (Å²) in [7, 11) is 0. The normalized spacial score (nSPS) is 13.2. The molecule has 29 heavy (non-hydrogen) atoms. The van der Waals surface area contributed by atoms with E-state index >= 15 is 0 Å². The number of hydrazine groups is 1. The molecule has 0 aliphatic heterocycles. The molecule has 1 atom stereocenters. The monoisotopic (exact) mass is 411 g/mol. The minimum atomic E-state index is -0.876. The highest BCUT2D eigenvalue weighted by Crippen LogP contribution is 2.16. The first-order chi connectivity index (χ1) is 13.1. The Bertz CT molecular complexity index is 665. The highest BCUT2D eigenvalue weighted by Gasteiger charge is 2.31. The molecule has 9 nitrogen and oxygen atoms in total. The summed E-state index contributed by atoms with van der Waals surface area (Å²) in [6.07, 6.45) is -0.623. The number of nitrogens with zero attached hydrogens (tertiary/aromatic N) is 2. The van der Waals surface area contributed by atoms with Crippen molar-refractivity contribution in [2.75, 3.05) is 0 Å². The van der Waals surface area contributed by atoms with Gasteiger partial charge in [0.25, 0.3) is 0 Å². The lowest BCUT2D eigenvalue weighted by atomic mass is 10.1. The molecule has 0 aliphatic rings. The molecule has 0 aromatic rings. The molecular weight excluding hydrogens is 378 g/mol. The second-order valence-corrected chi connectivity index (χ2v) is 8.59. The van der Waals surface area contributed by atoms with E-state index in [1.165, 1.54) is 6.08 Å². The Morgan fingerprint density at radius 3 is 1.97 bits per heavy atom. The summed E-state index contributed by atoms with van der Waals surface area (Å²) in [5, 5.41) is 10.2. The van der Waals surface area contributed by atoms with Gasteiger partial charge < -0.3 is 14.2 Å². The number of nitrogens with one attached hydrogen (secondary N) is 1. The van der Waals surface area contributed by atoms with Crippen LogP contribution in [0.5, 0.6) is 0 Å². The number of carbonyl (C=O) groups excluding carboxylic acids is 3. The summed E-state index contributed by atoms with van der Waals surface area (Å²) < 4.78 is 15.6. The smallest absolute Gasteiger partial charge is 0.429 e. The van der Waals surface area contributed by atoms with Gasteiger partial charge in [-0.15, -0.1) is 0 Å². The van der Waals surface area contributed by atoms with Crippen molar-refractivity contribution in [3.63, 3.8) is 0 Å². The molecule has 0 fully saturated rings. The van der Waals surface area contributed by atoms with Crippen molar-refractivity contribution in [1.82, 2.24) is 10.4 Å². The third kappa shape index (κ3) is 11.0. The number of esters is 1. The van der Waals surface area contributed by atoms with Crippen LogP contribution in [0.4, 0.5) is 9.59 Å². The minimum absolute atomic E-state index is 0.273. The second kappa shape index (κ2) is 10.7. The van der Waals surface area contributed by atoms with Crippen molar-refractivity contribution in [2.45, 2.75) is 92.1 Å². The maximum atomic E-state index is 12.7. The van der Waals surface area contributed by atoms with Gasteiger partial charge in [0, 0.05) is 0 Å². The first-order valence-electron chi connectivity index (χ1n) is 9.44. The SMILES string of the molecule is CCC(/C=C(/C#N)C(=O)OC(C)C)N(NC(=O)OC(C)(C)C)C(=O)OC(C)(C)C. The topological polar surface area (TPSA) is 118 Å². The van der Waals surface area contributed by atoms with E-state index in [2.05, 4.69) is 5.43 Å². The Balaban J connectivity index is 5.87. The van der Waals surface area contributed by atoms with Crippen molar-refractivity contribution in [3.8, 4) is 6.07 Å². The molecule has 1 N–H and O–H groups in total. The lowest BCUT2D eigenvalue weighted by Crippen LogP contribution is -2.54. The van der Waals surface area contributed by atoms with Crippen LogP contribution in [-0.2, 0) is 19.0 Å². The molecule has 0 bridgehead atoms. The van der Waals surface area contributed by atoms with Gasteiger partial charge in [-0.3, -0.25) is 0 Å². The van der Waals surface area contributed by atoms with E-state index in [9.17, 15) is 19.6 Å². The van der Waals surface area contributed by atoms with Crippen molar-refractivity contribution in [2.24, 2.45) is 0 Å². The number of nitriles is 1. The molecule has 9 heteroatoms. The first-order valence-corrected chi connectivity index (χ1v) is 9.44. The fraction of sp³-hybridized carbons (Fsp3) is 0.700. The van der Waals surface area contributed by atoms with Crippen LogP contribution < -0.4 is 5.43 Å². The number of hydrogen-bond donors (Lipinski definition) is 1. The average Bonchev–Trinajstić information content (AvgIpc) is 2.50. The van der Waals surface area contributed by atoms with E-state index < -0.39 is 41.5 Å². The Morgan fingerprint density at radius 2 is 1.59 bits per heavy atom. The summed E-state index contributed by atoms with van der Waals surface area (Å²) >= 11 is 0. The van der Waals surface area contributed by atoms with Gasteiger partial charge in [0.15, 0.2) is 0 Å². The zero-order valence-corrected chi connectivity index (χ0v) is 18.8. The molecular formula is C20H33N3O6. The Hall–Kier alpha value is -2.76. The fourth-order valence-electron chi connectivity index (χ4n) is 1.97. The van der Waals surface area contributed by atoms with Gasteiger partial charge in [-0.05, 0) is 67.9 Å². The maximum Gasteiger partial charge on any atom is 0.429 e. The molecule has 0 aromatic heterocycles. The molecule has 0 aliphatic carbocycles. The van der Waals surface area contributed by atoms with Crippen molar-refractivity contribution < 1.29 is 28.6 Å². The van der Waals surface area contributed by atoms with Crippen LogP contribution in [0.2, 0.25) is 0 Å². The van der Waals surface area contributed by atoms with Gasteiger partial charge in [0.1, 0.15) is 22.8 Å². The van der Waals surface area contributed by atoms with E-state index in [1.54, 1.807) is 68.4 Å². The third-order valence-corrected chi connectivity index (χ3v) is 2.99. The largest absolute Gasteiger partial charge is 0.459 e. The highest BCUT2D eigenvalue weighted by molar-refractivity contribution is 5.93. The predicted octanol–water partition coefficient (Wildman–Crippen LogP) is 3.84. The van der Waals surface area contributed by atoms with Crippen LogP contribution in [0.25, 0.3) is 0 Å². The maximum absolute atomic E-state index is 12.7. The van der Waals surface area contributed by atoms with Crippen LogP contribution in [0.3, 0.4) is 0 Å². The second-order valence-electron chi connectivity index (χ2n) is 8.59. The molecule has 1 unspecified atom stereocenters. The zero-order chi connectivity index (χ0) is 23.0. The fourth-order valence-corrected chi connectivity index (χ4v) is 1.97. The molecule has 0 heterocycles. The summed E-state index contributed by atoms with van der Waals surface area (Å²) in [5.74, 6) is -0.817. The van der Waals surface area contributed by atoms with Crippen molar-refractivity contribution >= 4 is 18.2 Å². The van der Waals surface area contributed by atoms with Crippen LogP contribution in [0, 0.1) is 11.3 Å². The van der Waals surface area contributed by atoms with Crippen molar-refractivity contribution in [3.05, 3.63) is 11.6 Å². The lowest BCUT2D eigenvalue weighted by molar-refractivity contribution is -0.142. The van der Waals surface area contributed by atoms with Gasteiger partial charge in [-0.2, -0.15) is 5.26 Å². The first kappa shape index (κ1) is 26.2.